The Morgan fingerprint density at radius 2 is 0.887 bits per heavy atom. The molecule has 0 atom stereocenters. The number of nitrogens with zero attached hydrogens (tertiary/aromatic N) is 5. The molecule has 0 unspecified atom stereocenters. The van der Waals surface area contributed by atoms with Crippen molar-refractivity contribution in [3.8, 4) is 0 Å². The summed E-state index contributed by atoms with van der Waals surface area (Å²) in [5.74, 6) is 1.24. The van der Waals surface area contributed by atoms with Gasteiger partial charge in [0.05, 0.1) is 33.9 Å². The Morgan fingerprint density at radius 1 is 0.516 bits per heavy atom. The molecular formula is C53H45BrFN5O2. The first-order chi connectivity index (χ1) is 30.2. The van der Waals surface area contributed by atoms with Crippen molar-refractivity contribution in [3.05, 3.63) is 247 Å². The molecule has 308 valence electrons. The molecule has 0 fully saturated rings. The van der Waals surface area contributed by atoms with Gasteiger partial charge in [-0.25, -0.2) is 14.4 Å². The van der Waals surface area contributed by atoms with Crippen molar-refractivity contribution in [2.75, 3.05) is 11.9 Å². The Labute approximate surface area is 368 Å². The van der Waals surface area contributed by atoms with Gasteiger partial charge in [-0.05, 0) is 82.9 Å². The van der Waals surface area contributed by atoms with E-state index in [9.17, 15) is 14.0 Å². The first-order valence-electron chi connectivity index (χ1n) is 20.7. The van der Waals surface area contributed by atoms with Crippen LogP contribution in [0.15, 0.2) is 196 Å². The fraction of sp³-hybridized carbons (Fsp3) is 0.132. The number of anilines is 2. The molecule has 9 aromatic rings. The number of hydrogen-bond donors (Lipinski definition) is 0. The molecule has 2 aromatic heterocycles. The number of aromatic nitrogens is 4. The molecule has 0 aliphatic rings. The summed E-state index contributed by atoms with van der Waals surface area (Å²) in [6.45, 7) is 4.06. The molecule has 0 bridgehead atoms. The second-order valence-corrected chi connectivity index (χ2v) is 15.9. The number of hydrogen-bond acceptors (Lipinski definition) is 5. The summed E-state index contributed by atoms with van der Waals surface area (Å²) in [4.78, 5) is 39.3. The normalized spacial score (nSPS) is 11.2. The molecule has 9 rings (SSSR count). The maximum atomic E-state index is 14.1. The first kappa shape index (κ1) is 41.8. The lowest BCUT2D eigenvalue weighted by atomic mass is 9.97. The van der Waals surface area contributed by atoms with Gasteiger partial charge in [0.2, 0.25) is 0 Å². The molecule has 0 amide bonds. The molecule has 9 heteroatoms. The Morgan fingerprint density at radius 3 is 1.29 bits per heavy atom. The number of aryl methyl sites for hydroxylation is 2. The van der Waals surface area contributed by atoms with Gasteiger partial charge in [-0.3, -0.25) is 18.7 Å². The third kappa shape index (κ3) is 8.62. The summed E-state index contributed by atoms with van der Waals surface area (Å²) in [7, 11) is 1.90. The van der Waals surface area contributed by atoms with Crippen LogP contribution in [0, 0.1) is 5.82 Å². The van der Waals surface area contributed by atoms with Crippen molar-refractivity contribution in [2.24, 2.45) is 0 Å². The number of halogens is 2. The smallest absolute Gasteiger partial charge is 0.262 e. The van der Waals surface area contributed by atoms with E-state index in [1.807, 2.05) is 168 Å². The minimum atomic E-state index is -0.296. The van der Waals surface area contributed by atoms with Gasteiger partial charge in [0.25, 0.3) is 11.1 Å². The maximum absolute atomic E-state index is 14.1. The molecule has 0 saturated heterocycles. The number of benzene rings is 7. The van der Waals surface area contributed by atoms with Gasteiger partial charge >= 0.3 is 0 Å². The SMILES string of the molecule is CCc1nc2ccc(Br)cc2c(=O)n1C(c1ccccc1)c1ccccc1.CCc1nc2ccc(N(C)c3ccc(F)cc3)cc2c(=O)n1C(c1ccccc1)c1ccccc1. The lowest BCUT2D eigenvalue weighted by Gasteiger charge is -2.25. The van der Waals surface area contributed by atoms with Crippen molar-refractivity contribution < 1.29 is 4.39 Å². The van der Waals surface area contributed by atoms with E-state index in [4.69, 9.17) is 9.97 Å². The molecular weight excluding hydrogens is 838 g/mol. The number of rotatable bonds is 10. The minimum Gasteiger partial charge on any atom is -0.345 e. The van der Waals surface area contributed by atoms with Gasteiger partial charge in [-0.1, -0.05) is 151 Å². The van der Waals surface area contributed by atoms with Crippen LogP contribution >= 0.6 is 15.9 Å². The average Bonchev–Trinajstić information content (AvgIpc) is 3.32. The highest BCUT2D eigenvalue weighted by Crippen LogP contribution is 2.31. The first-order valence-corrected chi connectivity index (χ1v) is 21.5. The Hall–Kier alpha value is -6.97. The Balaban J connectivity index is 0.000000176. The monoisotopic (exact) mass is 881 g/mol. The van der Waals surface area contributed by atoms with Crippen LogP contribution < -0.4 is 16.0 Å². The van der Waals surface area contributed by atoms with Crippen LogP contribution in [0.5, 0.6) is 0 Å². The van der Waals surface area contributed by atoms with Gasteiger partial charge < -0.3 is 4.90 Å². The minimum absolute atomic E-state index is 0.0177. The van der Waals surface area contributed by atoms with E-state index in [0.717, 1.165) is 55.3 Å². The largest absolute Gasteiger partial charge is 0.345 e. The zero-order valence-corrected chi connectivity index (χ0v) is 36.3. The molecule has 0 saturated carbocycles. The summed E-state index contributed by atoms with van der Waals surface area (Å²) in [6, 6.07) is 57.5. The number of fused-ring (bicyclic) bond motifs is 2. The molecule has 0 aliphatic heterocycles. The topological polar surface area (TPSA) is 73.0 Å². The molecule has 0 N–H and O–H groups in total. The summed E-state index contributed by atoms with van der Waals surface area (Å²) in [5, 5.41) is 1.17. The van der Waals surface area contributed by atoms with E-state index in [1.165, 1.54) is 12.1 Å². The highest BCUT2D eigenvalue weighted by Gasteiger charge is 2.24. The fourth-order valence-corrected chi connectivity index (χ4v) is 8.39. The summed E-state index contributed by atoms with van der Waals surface area (Å²) in [5.41, 5.74) is 7.14. The lowest BCUT2D eigenvalue weighted by molar-refractivity contribution is 0.604. The van der Waals surface area contributed by atoms with Crippen LogP contribution in [0.2, 0.25) is 0 Å². The molecule has 62 heavy (non-hydrogen) atoms. The second kappa shape index (κ2) is 18.7. The van der Waals surface area contributed by atoms with Crippen molar-refractivity contribution in [1.29, 1.82) is 0 Å². The third-order valence-electron chi connectivity index (χ3n) is 11.1. The van der Waals surface area contributed by atoms with Crippen LogP contribution in [0.25, 0.3) is 21.8 Å². The quantitative estimate of drug-likeness (QED) is 0.137. The molecule has 0 spiro atoms. The second-order valence-electron chi connectivity index (χ2n) is 15.0. The van der Waals surface area contributed by atoms with Gasteiger partial charge in [0.15, 0.2) is 0 Å². The van der Waals surface area contributed by atoms with Gasteiger partial charge in [-0.15, -0.1) is 0 Å². The summed E-state index contributed by atoms with van der Waals surface area (Å²) in [6.07, 6.45) is 1.30. The van der Waals surface area contributed by atoms with E-state index in [0.29, 0.717) is 29.1 Å². The summed E-state index contributed by atoms with van der Waals surface area (Å²) >= 11 is 3.48. The fourth-order valence-electron chi connectivity index (χ4n) is 8.03. The van der Waals surface area contributed by atoms with E-state index in [-0.39, 0.29) is 29.0 Å². The van der Waals surface area contributed by atoms with E-state index in [1.54, 1.807) is 12.1 Å². The Kier molecular flexibility index (Phi) is 12.6. The zero-order valence-electron chi connectivity index (χ0n) is 34.7. The van der Waals surface area contributed by atoms with Crippen molar-refractivity contribution in [1.82, 2.24) is 19.1 Å². The van der Waals surface area contributed by atoms with Crippen LogP contribution in [-0.2, 0) is 12.8 Å². The predicted molar refractivity (Wildman–Crippen MR) is 253 cm³/mol. The van der Waals surface area contributed by atoms with Crippen molar-refractivity contribution in [3.63, 3.8) is 0 Å². The third-order valence-corrected chi connectivity index (χ3v) is 11.6. The van der Waals surface area contributed by atoms with E-state index >= 15 is 0 Å². The van der Waals surface area contributed by atoms with Gasteiger partial charge in [-0.2, -0.15) is 0 Å². The molecule has 7 nitrogen and oxygen atoms in total. The van der Waals surface area contributed by atoms with Crippen molar-refractivity contribution >= 4 is 49.1 Å². The van der Waals surface area contributed by atoms with Gasteiger partial charge in [0.1, 0.15) is 17.5 Å². The zero-order chi connectivity index (χ0) is 43.2. The highest BCUT2D eigenvalue weighted by atomic mass is 79.9. The van der Waals surface area contributed by atoms with Crippen molar-refractivity contribution in [2.45, 2.75) is 38.8 Å². The van der Waals surface area contributed by atoms with Crippen LogP contribution in [0.1, 0.15) is 59.8 Å². The van der Waals surface area contributed by atoms with Crippen LogP contribution in [0.4, 0.5) is 15.8 Å². The molecule has 0 aliphatic carbocycles. The van der Waals surface area contributed by atoms with Gasteiger partial charge in [0, 0.05) is 35.7 Å². The van der Waals surface area contributed by atoms with Crippen LogP contribution in [0.3, 0.4) is 0 Å². The molecule has 0 radical (unpaired) electrons. The standard InChI is InChI=1S/C30H26FN3O.C23H19BrN2O/c1-3-28-32-27-19-18-25(33(2)24-16-14-23(31)15-17-24)20-26(27)30(35)34(28)29(21-10-6-4-7-11-21)22-12-8-5-9-13-22;1-2-21-25-20-14-13-18(24)15-19(20)23(27)26(21)22(16-9-5-3-6-10-16)17-11-7-4-8-12-17/h4-20,29H,3H2,1-2H3;3-15,22H,2H2,1H3. The Bertz CT molecular complexity index is 2990. The summed E-state index contributed by atoms with van der Waals surface area (Å²) < 4.78 is 18.0. The van der Waals surface area contributed by atoms with E-state index in [2.05, 4.69) is 40.2 Å². The molecule has 7 aromatic carbocycles. The average molecular weight is 883 g/mol. The maximum Gasteiger partial charge on any atom is 0.262 e. The predicted octanol–water partition coefficient (Wildman–Crippen LogP) is 11.9. The lowest BCUT2D eigenvalue weighted by Crippen LogP contribution is -2.30. The molecule has 2 heterocycles. The van der Waals surface area contributed by atoms with Crippen LogP contribution in [-0.4, -0.2) is 26.1 Å². The van der Waals surface area contributed by atoms with E-state index < -0.39 is 0 Å². The highest BCUT2D eigenvalue weighted by molar-refractivity contribution is 9.10.